The fourth-order valence-electron chi connectivity index (χ4n) is 3.24. The molecule has 0 bridgehead atoms. The molecule has 1 fully saturated rings. The number of rotatable bonds is 3. The van der Waals surface area contributed by atoms with Crippen molar-refractivity contribution in [2.75, 3.05) is 18.0 Å². The summed E-state index contributed by atoms with van der Waals surface area (Å²) >= 11 is 0. The summed E-state index contributed by atoms with van der Waals surface area (Å²) in [5.41, 5.74) is 2.48. The lowest BCUT2D eigenvalue weighted by molar-refractivity contribution is 0.281. The van der Waals surface area contributed by atoms with Crippen molar-refractivity contribution in [2.24, 2.45) is 0 Å². The van der Waals surface area contributed by atoms with E-state index in [1.165, 1.54) is 12.0 Å². The molecule has 1 aromatic carbocycles. The molecular weight excluding hydrogens is 260 g/mol. The van der Waals surface area contributed by atoms with Crippen molar-refractivity contribution in [3.8, 4) is 0 Å². The average molecular weight is 282 g/mol. The van der Waals surface area contributed by atoms with Crippen molar-refractivity contribution >= 4 is 5.82 Å². The summed E-state index contributed by atoms with van der Waals surface area (Å²) in [5, 5.41) is 9.29. The van der Waals surface area contributed by atoms with Gasteiger partial charge in [-0.15, -0.1) is 0 Å². The summed E-state index contributed by atoms with van der Waals surface area (Å²) in [6, 6.07) is 14.6. The van der Waals surface area contributed by atoms with Crippen LogP contribution in [0.2, 0.25) is 0 Å². The standard InChI is InChI=1S/C18H22N2O/c1-18(16-6-3-2-4-7-16)9-5-11-20(14-18)17-12-15(13-21)8-10-19-17/h2-4,6-8,10,12,21H,5,9,11,13-14H2,1H3/t18-/m1/s1. The van der Waals surface area contributed by atoms with Crippen LogP contribution in [0.1, 0.15) is 30.9 Å². The van der Waals surface area contributed by atoms with Gasteiger partial charge in [-0.2, -0.15) is 0 Å². The van der Waals surface area contributed by atoms with E-state index < -0.39 is 0 Å². The minimum absolute atomic E-state index is 0.0688. The van der Waals surface area contributed by atoms with Gasteiger partial charge in [0.1, 0.15) is 5.82 Å². The molecule has 21 heavy (non-hydrogen) atoms. The second kappa shape index (κ2) is 5.86. The molecular formula is C18H22N2O. The zero-order valence-electron chi connectivity index (χ0n) is 12.5. The normalized spacial score (nSPS) is 22.3. The first kappa shape index (κ1) is 14.1. The van der Waals surface area contributed by atoms with Gasteiger partial charge in [0.05, 0.1) is 6.61 Å². The van der Waals surface area contributed by atoms with E-state index in [1.807, 2.05) is 12.1 Å². The lowest BCUT2D eigenvalue weighted by atomic mass is 9.76. The number of nitrogens with zero attached hydrogens (tertiary/aromatic N) is 2. The van der Waals surface area contributed by atoms with Crippen LogP contribution in [0.25, 0.3) is 0 Å². The fourth-order valence-corrected chi connectivity index (χ4v) is 3.24. The Morgan fingerprint density at radius 3 is 2.81 bits per heavy atom. The van der Waals surface area contributed by atoms with Crippen molar-refractivity contribution < 1.29 is 5.11 Å². The molecule has 2 aromatic rings. The van der Waals surface area contributed by atoms with Gasteiger partial charge in [0.25, 0.3) is 0 Å². The van der Waals surface area contributed by atoms with E-state index in [1.54, 1.807) is 6.20 Å². The average Bonchev–Trinajstić information content (AvgIpc) is 2.56. The maximum atomic E-state index is 9.29. The molecule has 0 aliphatic carbocycles. The molecule has 3 rings (SSSR count). The lowest BCUT2D eigenvalue weighted by Gasteiger charge is -2.41. The van der Waals surface area contributed by atoms with Gasteiger partial charge in [-0.3, -0.25) is 0 Å². The van der Waals surface area contributed by atoms with Crippen LogP contribution < -0.4 is 4.90 Å². The first-order valence-corrected chi connectivity index (χ1v) is 7.57. The zero-order valence-corrected chi connectivity index (χ0v) is 12.5. The summed E-state index contributed by atoms with van der Waals surface area (Å²) in [5.74, 6) is 0.975. The largest absolute Gasteiger partial charge is 0.392 e. The van der Waals surface area contributed by atoms with Gasteiger partial charge in [0.2, 0.25) is 0 Å². The number of aliphatic hydroxyl groups excluding tert-OH is 1. The maximum absolute atomic E-state index is 9.29. The third-order valence-electron chi connectivity index (χ3n) is 4.48. The molecule has 1 aromatic heterocycles. The molecule has 110 valence electrons. The van der Waals surface area contributed by atoms with Crippen LogP contribution in [-0.4, -0.2) is 23.2 Å². The van der Waals surface area contributed by atoms with Gasteiger partial charge >= 0.3 is 0 Å². The van der Waals surface area contributed by atoms with Gasteiger partial charge in [-0.1, -0.05) is 37.3 Å². The third kappa shape index (κ3) is 2.93. The Labute approximate surface area is 126 Å². The highest BCUT2D eigenvalue weighted by Crippen LogP contribution is 2.35. The molecule has 0 saturated carbocycles. The Morgan fingerprint density at radius 2 is 2.05 bits per heavy atom. The molecule has 3 heteroatoms. The maximum Gasteiger partial charge on any atom is 0.128 e. The smallest absolute Gasteiger partial charge is 0.128 e. The van der Waals surface area contributed by atoms with Gasteiger partial charge in [-0.25, -0.2) is 4.98 Å². The highest BCUT2D eigenvalue weighted by molar-refractivity contribution is 5.43. The molecule has 1 saturated heterocycles. The van der Waals surface area contributed by atoms with Crippen molar-refractivity contribution in [1.29, 1.82) is 0 Å². The number of pyridine rings is 1. The number of hydrogen-bond donors (Lipinski definition) is 1. The number of anilines is 1. The van der Waals surface area contributed by atoms with Crippen LogP contribution in [0.3, 0.4) is 0 Å². The lowest BCUT2D eigenvalue weighted by Crippen LogP contribution is -2.44. The molecule has 0 radical (unpaired) electrons. The summed E-state index contributed by atoms with van der Waals surface area (Å²) in [6.07, 6.45) is 4.15. The van der Waals surface area contributed by atoms with Crippen molar-refractivity contribution in [1.82, 2.24) is 4.98 Å². The van der Waals surface area contributed by atoms with E-state index in [0.717, 1.165) is 30.9 Å². The van der Waals surface area contributed by atoms with Gasteiger partial charge in [0, 0.05) is 24.7 Å². The highest BCUT2D eigenvalue weighted by atomic mass is 16.3. The minimum atomic E-state index is 0.0688. The van der Waals surface area contributed by atoms with Crippen LogP contribution >= 0.6 is 0 Å². The van der Waals surface area contributed by atoms with Gasteiger partial charge in [0.15, 0.2) is 0 Å². The van der Waals surface area contributed by atoms with Crippen molar-refractivity contribution in [2.45, 2.75) is 31.8 Å². The number of benzene rings is 1. The Morgan fingerprint density at radius 1 is 1.24 bits per heavy atom. The monoisotopic (exact) mass is 282 g/mol. The topological polar surface area (TPSA) is 36.4 Å². The van der Waals surface area contributed by atoms with Crippen LogP contribution in [0.5, 0.6) is 0 Å². The molecule has 1 aliphatic rings. The van der Waals surface area contributed by atoms with Crippen LogP contribution in [0, 0.1) is 0 Å². The SMILES string of the molecule is C[C@@]1(c2ccccc2)CCCN(c2cc(CO)ccn2)C1. The Hall–Kier alpha value is -1.87. The van der Waals surface area contributed by atoms with Crippen LogP contribution in [0.15, 0.2) is 48.7 Å². The van der Waals surface area contributed by atoms with E-state index in [2.05, 4.69) is 47.1 Å². The molecule has 0 unspecified atom stereocenters. The van der Waals surface area contributed by atoms with E-state index >= 15 is 0 Å². The summed E-state index contributed by atoms with van der Waals surface area (Å²) in [6.45, 7) is 4.41. The van der Waals surface area contributed by atoms with Crippen molar-refractivity contribution in [3.63, 3.8) is 0 Å². The predicted octanol–water partition coefficient (Wildman–Crippen LogP) is 3.13. The molecule has 1 N–H and O–H groups in total. The Balaban J connectivity index is 1.85. The second-order valence-electron chi connectivity index (χ2n) is 6.13. The van der Waals surface area contributed by atoms with Crippen LogP contribution in [0.4, 0.5) is 5.82 Å². The quantitative estimate of drug-likeness (QED) is 0.939. The zero-order chi connectivity index (χ0) is 14.7. The van der Waals surface area contributed by atoms with Crippen molar-refractivity contribution in [3.05, 3.63) is 59.8 Å². The predicted molar refractivity (Wildman–Crippen MR) is 85.4 cm³/mol. The minimum Gasteiger partial charge on any atom is -0.392 e. The number of piperidine rings is 1. The number of hydrogen-bond acceptors (Lipinski definition) is 3. The molecule has 3 nitrogen and oxygen atoms in total. The van der Waals surface area contributed by atoms with E-state index in [9.17, 15) is 5.11 Å². The first-order chi connectivity index (χ1) is 10.2. The molecule has 2 heterocycles. The second-order valence-corrected chi connectivity index (χ2v) is 6.13. The third-order valence-corrected chi connectivity index (χ3v) is 4.48. The molecule has 1 aliphatic heterocycles. The summed E-state index contributed by atoms with van der Waals surface area (Å²) in [7, 11) is 0. The molecule has 1 atom stereocenters. The molecule has 0 amide bonds. The molecule has 0 spiro atoms. The number of aliphatic hydroxyl groups is 1. The Kier molecular flexibility index (Phi) is 3.93. The van der Waals surface area contributed by atoms with Gasteiger partial charge in [-0.05, 0) is 36.1 Å². The Bertz CT molecular complexity index is 599. The summed E-state index contributed by atoms with van der Waals surface area (Å²) < 4.78 is 0. The fraction of sp³-hybridized carbons (Fsp3) is 0.389. The number of aromatic nitrogens is 1. The summed E-state index contributed by atoms with van der Waals surface area (Å²) in [4.78, 5) is 6.83. The highest BCUT2D eigenvalue weighted by Gasteiger charge is 2.33. The van der Waals surface area contributed by atoms with E-state index in [4.69, 9.17) is 0 Å². The van der Waals surface area contributed by atoms with Gasteiger partial charge < -0.3 is 10.0 Å². The van der Waals surface area contributed by atoms with Crippen LogP contribution in [-0.2, 0) is 12.0 Å². The van der Waals surface area contributed by atoms with E-state index in [-0.39, 0.29) is 12.0 Å². The first-order valence-electron chi connectivity index (χ1n) is 7.57. The van der Waals surface area contributed by atoms with E-state index in [0.29, 0.717) is 0 Å².